The molecule has 0 radical (unpaired) electrons. The summed E-state index contributed by atoms with van der Waals surface area (Å²) in [5.41, 5.74) is 0.193. The Hall–Kier alpha value is -2.00. The summed E-state index contributed by atoms with van der Waals surface area (Å²) in [5, 5.41) is 9.45. The van der Waals surface area contributed by atoms with Crippen molar-refractivity contribution >= 4 is 33.8 Å². The van der Waals surface area contributed by atoms with Gasteiger partial charge in [0.25, 0.3) is 0 Å². The van der Waals surface area contributed by atoms with Gasteiger partial charge in [0.05, 0.1) is 0 Å². The maximum absolute atomic E-state index is 10.7. The van der Waals surface area contributed by atoms with E-state index in [1.165, 1.54) is 24.5 Å². The maximum Gasteiger partial charge on any atom is 0.354 e. The minimum Gasteiger partial charge on any atom is -0.477 e. The molecule has 0 saturated carbocycles. The molecule has 0 atom stereocenters. The molecule has 2 rings (SSSR count). The number of carboxylic acid groups (broad SMARTS) is 1. The van der Waals surface area contributed by atoms with E-state index < -0.39 is 5.97 Å². The van der Waals surface area contributed by atoms with Crippen molar-refractivity contribution in [3.05, 3.63) is 35.9 Å². The third-order valence-corrected chi connectivity index (χ3v) is 3.74. The average Bonchev–Trinajstić information content (AvgIpc) is 2.45. The average molecular weight is 294 g/mol. The molecule has 0 aliphatic heterocycles. The van der Waals surface area contributed by atoms with Gasteiger partial charge in [0, 0.05) is 12.4 Å². The molecule has 96 valence electrons. The minimum atomic E-state index is -1.12. The topological polar surface area (TPSA) is 106 Å². The van der Waals surface area contributed by atoms with Gasteiger partial charge in [0.2, 0.25) is 0 Å². The van der Waals surface area contributed by atoms with Crippen LogP contribution in [0.4, 0.5) is 0 Å². The lowest BCUT2D eigenvalue weighted by Gasteiger charge is -1.99. The lowest BCUT2D eigenvalue weighted by atomic mass is 10.4. The van der Waals surface area contributed by atoms with Gasteiger partial charge in [-0.15, -0.1) is 0 Å². The molecular weight excluding hydrogens is 288 g/mol. The number of carbonyl (C=O) groups excluding carboxylic acids is 1. The molecule has 2 heterocycles. The molecule has 9 heteroatoms. The number of rotatable bonds is 5. The lowest BCUT2D eigenvalue weighted by molar-refractivity contribution is 0.0689. The molecule has 0 saturated heterocycles. The molecular formula is C10H6N4O3S2. The van der Waals surface area contributed by atoms with Crippen LogP contribution in [0.1, 0.15) is 21.0 Å². The van der Waals surface area contributed by atoms with E-state index in [4.69, 9.17) is 5.11 Å². The zero-order valence-corrected chi connectivity index (χ0v) is 10.9. The summed E-state index contributed by atoms with van der Waals surface area (Å²) in [6, 6.07) is 2.80. The first kappa shape index (κ1) is 13.4. The molecule has 2 aromatic rings. The fraction of sp³-hybridized carbons (Fsp3) is 0. The molecule has 0 aliphatic rings. The lowest BCUT2D eigenvalue weighted by Crippen LogP contribution is -2.01. The van der Waals surface area contributed by atoms with Crippen LogP contribution in [-0.2, 0) is 0 Å². The number of hydrogen-bond donors (Lipinski definition) is 1. The highest BCUT2D eigenvalue weighted by Crippen LogP contribution is 2.32. The number of carboxylic acids is 1. The van der Waals surface area contributed by atoms with Crippen LogP contribution >= 0.6 is 21.6 Å². The minimum absolute atomic E-state index is 0.0827. The van der Waals surface area contributed by atoms with Crippen molar-refractivity contribution in [2.75, 3.05) is 0 Å². The quantitative estimate of drug-likeness (QED) is 0.499. The molecule has 0 amide bonds. The first-order chi connectivity index (χ1) is 9.19. The summed E-state index contributed by atoms with van der Waals surface area (Å²) < 4.78 is 0. The van der Waals surface area contributed by atoms with E-state index in [1.807, 2.05) is 0 Å². The SMILES string of the molecule is O=Cc1ccnc(SSc2nccc(C(=O)O)n2)n1. The van der Waals surface area contributed by atoms with Crippen LogP contribution < -0.4 is 0 Å². The van der Waals surface area contributed by atoms with Crippen LogP contribution in [0.5, 0.6) is 0 Å². The third-order valence-electron chi connectivity index (χ3n) is 1.82. The number of hydrogen-bond acceptors (Lipinski definition) is 8. The van der Waals surface area contributed by atoms with Crippen LogP contribution in [0.25, 0.3) is 0 Å². The number of aromatic nitrogens is 4. The second-order valence-electron chi connectivity index (χ2n) is 3.08. The van der Waals surface area contributed by atoms with Gasteiger partial charge in [-0.05, 0) is 33.7 Å². The third kappa shape index (κ3) is 3.73. The van der Waals surface area contributed by atoms with E-state index in [1.54, 1.807) is 0 Å². The predicted molar refractivity (Wildman–Crippen MR) is 68.1 cm³/mol. The van der Waals surface area contributed by atoms with Gasteiger partial charge < -0.3 is 5.11 Å². The van der Waals surface area contributed by atoms with Crippen LogP contribution in [0, 0.1) is 0 Å². The van der Waals surface area contributed by atoms with Gasteiger partial charge in [-0.1, -0.05) is 0 Å². The molecule has 0 unspecified atom stereocenters. The second-order valence-corrected chi connectivity index (χ2v) is 5.14. The molecule has 0 fully saturated rings. The van der Waals surface area contributed by atoms with Crippen LogP contribution in [-0.4, -0.2) is 37.3 Å². The summed E-state index contributed by atoms with van der Waals surface area (Å²) in [6.45, 7) is 0. The van der Waals surface area contributed by atoms with E-state index >= 15 is 0 Å². The van der Waals surface area contributed by atoms with Crippen molar-refractivity contribution in [3.8, 4) is 0 Å². The highest BCUT2D eigenvalue weighted by Gasteiger charge is 2.08. The molecule has 0 aromatic carbocycles. The van der Waals surface area contributed by atoms with Crippen LogP contribution in [0.3, 0.4) is 0 Å². The molecule has 0 bridgehead atoms. The van der Waals surface area contributed by atoms with Gasteiger partial charge in [0.1, 0.15) is 5.69 Å². The van der Waals surface area contributed by atoms with Gasteiger partial charge in [0.15, 0.2) is 22.3 Å². The Labute approximate surface area is 115 Å². The van der Waals surface area contributed by atoms with E-state index in [2.05, 4.69) is 19.9 Å². The fourth-order valence-electron chi connectivity index (χ4n) is 1.03. The Kier molecular flexibility index (Phi) is 4.42. The normalized spacial score (nSPS) is 10.1. The molecule has 19 heavy (non-hydrogen) atoms. The molecule has 0 aliphatic carbocycles. The summed E-state index contributed by atoms with van der Waals surface area (Å²) in [4.78, 5) is 37.0. The van der Waals surface area contributed by atoms with Gasteiger partial charge in [-0.2, -0.15) is 0 Å². The van der Waals surface area contributed by atoms with Gasteiger partial charge in [-0.3, -0.25) is 4.79 Å². The van der Waals surface area contributed by atoms with Crippen molar-refractivity contribution in [2.45, 2.75) is 10.3 Å². The summed E-state index contributed by atoms with van der Waals surface area (Å²) >= 11 is 0. The second kappa shape index (κ2) is 6.25. The van der Waals surface area contributed by atoms with Crippen molar-refractivity contribution in [2.24, 2.45) is 0 Å². The van der Waals surface area contributed by atoms with Crippen LogP contribution in [0.2, 0.25) is 0 Å². The van der Waals surface area contributed by atoms with Crippen molar-refractivity contribution in [1.29, 1.82) is 0 Å². The Morgan fingerprint density at radius 2 is 1.74 bits per heavy atom. The molecule has 0 spiro atoms. The first-order valence-electron chi connectivity index (χ1n) is 4.88. The zero-order chi connectivity index (χ0) is 13.7. The first-order valence-corrected chi connectivity index (χ1v) is 7.03. The standard InChI is InChI=1S/C10H6N4O3S2/c15-5-6-1-3-11-9(13-6)18-19-10-12-4-2-7(14-10)8(16)17/h1-5H,(H,16,17). The van der Waals surface area contributed by atoms with E-state index in [-0.39, 0.29) is 16.5 Å². The Bertz CT molecular complexity index is 623. The number of aldehydes is 1. The summed E-state index contributed by atoms with van der Waals surface area (Å²) in [6.07, 6.45) is 3.45. The predicted octanol–water partition coefficient (Wildman–Crippen LogP) is 1.58. The summed E-state index contributed by atoms with van der Waals surface area (Å²) in [7, 11) is 2.26. The number of aromatic carboxylic acids is 1. The Balaban J connectivity index is 2.07. The monoisotopic (exact) mass is 294 g/mol. The zero-order valence-electron chi connectivity index (χ0n) is 9.26. The fourth-order valence-corrected chi connectivity index (χ4v) is 2.60. The highest BCUT2D eigenvalue weighted by molar-refractivity contribution is 8.76. The van der Waals surface area contributed by atoms with Crippen molar-refractivity contribution in [1.82, 2.24) is 19.9 Å². The summed E-state index contributed by atoms with van der Waals surface area (Å²) in [5.74, 6) is -1.12. The van der Waals surface area contributed by atoms with Crippen molar-refractivity contribution in [3.63, 3.8) is 0 Å². The molecule has 1 N–H and O–H groups in total. The van der Waals surface area contributed by atoms with Crippen molar-refractivity contribution < 1.29 is 14.7 Å². The van der Waals surface area contributed by atoms with E-state index in [9.17, 15) is 9.59 Å². The maximum atomic E-state index is 10.7. The smallest absolute Gasteiger partial charge is 0.354 e. The van der Waals surface area contributed by atoms with E-state index in [0.29, 0.717) is 11.4 Å². The Morgan fingerprint density at radius 1 is 1.11 bits per heavy atom. The highest BCUT2D eigenvalue weighted by atomic mass is 33.1. The van der Waals surface area contributed by atoms with Crippen LogP contribution in [0.15, 0.2) is 34.8 Å². The van der Waals surface area contributed by atoms with E-state index in [0.717, 1.165) is 21.6 Å². The molecule has 2 aromatic heterocycles. The van der Waals surface area contributed by atoms with Gasteiger partial charge in [-0.25, -0.2) is 24.7 Å². The largest absolute Gasteiger partial charge is 0.477 e. The Morgan fingerprint density at radius 3 is 2.37 bits per heavy atom. The number of nitrogens with zero attached hydrogens (tertiary/aromatic N) is 4. The number of carbonyl (C=O) groups is 2. The molecule has 7 nitrogen and oxygen atoms in total. The van der Waals surface area contributed by atoms with Gasteiger partial charge >= 0.3 is 5.97 Å².